The number of piperidine rings is 1. The number of nitrogens with two attached hydrogens (primary N) is 1. The van der Waals surface area contributed by atoms with E-state index in [2.05, 4.69) is 22.9 Å². The van der Waals surface area contributed by atoms with Crippen molar-refractivity contribution in [3.63, 3.8) is 0 Å². The van der Waals surface area contributed by atoms with Gasteiger partial charge in [0.1, 0.15) is 28.4 Å². The first-order valence-corrected chi connectivity index (χ1v) is 13.8. The summed E-state index contributed by atoms with van der Waals surface area (Å²) in [6, 6.07) is 17.9. The number of rotatable bonds is 4. The minimum absolute atomic E-state index is 0.299. The van der Waals surface area contributed by atoms with Gasteiger partial charge in [-0.3, -0.25) is 9.30 Å². The van der Waals surface area contributed by atoms with Crippen molar-refractivity contribution >= 4 is 22.2 Å². The Labute approximate surface area is 227 Å². The van der Waals surface area contributed by atoms with Crippen molar-refractivity contribution in [1.82, 2.24) is 24.3 Å². The Kier molecular flexibility index (Phi) is 5.89. The minimum Gasteiger partial charge on any atom is -0.382 e. The van der Waals surface area contributed by atoms with E-state index in [9.17, 15) is 0 Å². The van der Waals surface area contributed by atoms with Gasteiger partial charge >= 0.3 is 0 Å². The first-order valence-electron chi connectivity index (χ1n) is 13.8. The molecule has 0 bridgehead atoms. The summed E-state index contributed by atoms with van der Waals surface area (Å²) in [6.45, 7) is 4.39. The molecule has 5 aromatic rings. The van der Waals surface area contributed by atoms with Crippen LogP contribution in [0.4, 0.5) is 10.2 Å². The maximum Gasteiger partial charge on any atom is 0.158 e. The first kappa shape index (κ1) is 24.0. The van der Waals surface area contributed by atoms with E-state index in [4.69, 9.17) is 15.7 Å². The molecule has 2 fully saturated rings. The number of benzene rings is 2. The molecule has 0 unspecified atom stereocenters. The number of hydrogen-bond acceptors (Lipinski definition) is 5. The van der Waals surface area contributed by atoms with Crippen LogP contribution in [-0.4, -0.2) is 43.4 Å². The average molecular weight is 519 g/mol. The molecule has 7 heteroatoms. The number of aromatic nitrogens is 4. The Hall–Kier alpha value is -4.10. The predicted molar refractivity (Wildman–Crippen MR) is 154 cm³/mol. The van der Waals surface area contributed by atoms with Gasteiger partial charge in [-0.2, -0.15) is 0 Å². The molecule has 2 aromatic carbocycles. The van der Waals surface area contributed by atoms with Crippen LogP contribution in [0.1, 0.15) is 44.3 Å². The highest BCUT2D eigenvalue weighted by Crippen LogP contribution is 2.43. The summed E-state index contributed by atoms with van der Waals surface area (Å²) >= 11 is 0. The number of fused-ring (bicyclic) bond motifs is 2. The third-order valence-corrected chi connectivity index (χ3v) is 8.58. The molecular formula is C32H31FN6. The molecule has 6 nitrogen and oxygen atoms in total. The molecule has 1 aliphatic heterocycles. The number of imidazole rings is 1. The Morgan fingerprint density at radius 1 is 0.974 bits per heavy atom. The van der Waals surface area contributed by atoms with Crippen molar-refractivity contribution in [1.29, 1.82) is 0 Å². The summed E-state index contributed by atoms with van der Waals surface area (Å²) in [5.74, 6) is 1.19. The molecule has 1 saturated heterocycles. The van der Waals surface area contributed by atoms with Gasteiger partial charge in [-0.15, -0.1) is 0 Å². The Morgan fingerprint density at radius 3 is 2.51 bits per heavy atom. The average Bonchev–Trinajstić information content (AvgIpc) is 3.33. The van der Waals surface area contributed by atoms with Crippen LogP contribution in [0, 0.1) is 5.82 Å². The second kappa shape index (κ2) is 9.58. The first-order chi connectivity index (χ1) is 19.1. The SMILES string of the molecule is CC=C1CCN(C2CC(c3nc(-c4ccc5ccc(-c6ccccc6)nc5c4F)c4c(N)nccn34)C2)CC1. The lowest BCUT2D eigenvalue weighted by Crippen LogP contribution is -2.46. The van der Waals surface area contributed by atoms with Crippen LogP contribution in [0.2, 0.25) is 0 Å². The highest BCUT2D eigenvalue weighted by Gasteiger charge is 2.38. The van der Waals surface area contributed by atoms with E-state index in [1.54, 1.807) is 17.8 Å². The predicted octanol–water partition coefficient (Wildman–Crippen LogP) is 6.62. The van der Waals surface area contributed by atoms with Gasteiger partial charge in [0.05, 0.1) is 5.69 Å². The fraction of sp³-hybridized carbons (Fsp3) is 0.281. The molecule has 2 aliphatic rings. The molecular weight excluding hydrogens is 487 g/mol. The van der Waals surface area contributed by atoms with Gasteiger partial charge in [-0.25, -0.2) is 19.3 Å². The highest BCUT2D eigenvalue weighted by atomic mass is 19.1. The van der Waals surface area contributed by atoms with Gasteiger partial charge in [0.15, 0.2) is 5.82 Å². The maximum atomic E-state index is 16.2. The van der Waals surface area contributed by atoms with Crippen molar-refractivity contribution in [2.75, 3.05) is 18.8 Å². The third-order valence-electron chi connectivity index (χ3n) is 8.58. The summed E-state index contributed by atoms with van der Waals surface area (Å²) in [5.41, 5.74) is 11.5. The van der Waals surface area contributed by atoms with Gasteiger partial charge < -0.3 is 5.73 Å². The van der Waals surface area contributed by atoms with Crippen LogP contribution in [0.15, 0.2) is 78.6 Å². The molecule has 39 heavy (non-hydrogen) atoms. The standard InChI is InChI=1S/C32H31FN6/c1-2-20-12-15-38(16-13-20)24-18-23(19-24)32-37-29(30-31(34)35-14-17-39(30)32)25-10-8-22-9-11-26(36-28(22)27(25)33)21-6-4-3-5-7-21/h2-11,14,17,23-24H,12-13,15-16,18-19H2,1H3,(H2,34,35). The van der Waals surface area contributed by atoms with Crippen LogP contribution >= 0.6 is 0 Å². The van der Waals surface area contributed by atoms with Gasteiger partial charge in [-0.1, -0.05) is 54.1 Å². The number of halogens is 1. The summed E-state index contributed by atoms with van der Waals surface area (Å²) in [4.78, 5) is 16.7. The second-order valence-corrected chi connectivity index (χ2v) is 10.7. The van der Waals surface area contributed by atoms with Crippen LogP contribution in [0.25, 0.3) is 38.9 Å². The molecule has 1 aliphatic carbocycles. The monoisotopic (exact) mass is 518 g/mol. The quantitative estimate of drug-likeness (QED) is 0.271. The molecule has 1 saturated carbocycles. The van der Waals surface area contributed by atoms with Crippen molar-refractivity contribution in [2.24, 2.45) is 0 Å². The fourth-order valence-corrected chi connectivity index (χ4v) is 6.23. The number of pyridine rings is 1. The normalized spacial score (nSPS) is 19.9. The Balaban J connectivity index is 1.26. The van der Waals surface area contributed by atoms with Crippen LogP contribution in [-0.2, 0) is 0 Å². The maximum absolute atomic E-state index is 16.2. The zero-order valence-electron chi connectivity index (χ0n) is 22.0. The second-order valence-electron chi connectivity index (χ2n) is 10.7. The molecule has 2 N–H and O–H groups in total. The van der Waals surface area contributed by atoms with E-state index in [1.807, 2.05) is 59.1 Å². The molecule has 0 amide bonds. The molecule has 196 valence electrons. The zero-order chi connectivity index (χ0) is 26.5. The zero-order valence-corrected chi connectivity index (χ0v) is 22.0. The number of likely N-dealkylation sites (tertiary alicyclic amines) is 1. The van der Waals surface area contributed by atoms with Crippen molar-refractivity contribution in [3.8, 4) is 22.5 Å². The molecule has 4 heterocycles. The molecule has 7 rings (SSSR count). The number of nitrogen functional groups attached to an aromatic ring is 1. The van der Waals surface area contributed by atoms with E-state index in [0.29, 0.717) is 40.1 Å². The fourth-order valence-electron chi connectivity index (χ4n) is 6.23. The van der Waals surface area contributed by atoms with E-state index in [0.717, 1.165) is 61.2 Å². The van der Waals surface area contributed by atoms with Crippen molar-refractivity contribution in [3.05, 3.63) is 90.3 Å². The number of nitrogens with zero attached hydrogens (tertiary/aromatic N) is 5. The number of anilines is 1. The Bertz CT molecular complexity index is 1710. The smallest absolute Gasteiger partial charge is 0.158 e. The Morgan fingerprint density at radius 2 is 1.74 bits per heavy atom. The highest BCUT2D eigenvalue weighted by molar-refractivity contribution is 5.92. The lowest BCUT2D eigenvalue weighted by Gasteiger charge is -2.44. The van der Waals surface area contributed by atoms with E-state index in [1.165, 1.54) is 0 Å². The summed E-state index contributed by atoms with van der Waals surface area (Å²) in [7, 11) is 0. The lowest BCUT2D eigenvalue weighted by molar-refractivity contribution is 0.0974. The van der Waals surface area contributed by atoms with Crippen LogP contribution in [0.3, 0.4) is 0 Å². The van der Waals surface area contributed by atoms with Crippen molar-refractivity contribution in [2.45, 2.75) is 44.6 Å². The minimum atomic E-state index is -0.389. The van der Waals surface area contributed by atoms with E-state index >= 15 is 4.39 Å². The van der Waals surface area contributed by atoms with Gasteiger partial charge in [0.25, 0.3) is 0 Å². The van der Waals surface area contributed by atoms with Crippen molar-refractivity contribution < 1.29 is 4.39 Å². The largest absolute Gasteiger partial charge is 0.382 e. The van der Waals surface area contributed by atoms with Gasteiger partial charge in [-0.05, 0) is 44.7 Å². The topological polar surface area (TPSA) is 72.3 Å². The lowest BCUT2D eigenvalue weighted by atomic mass is 9.78. The number of allylic oxidation sites excluding steroid dienone is 1. The van der Waals surface area contributed by atoms with E-state index in [-0.39, 0.29) is 5.82 Å². The summed E-state index contributed by atoms with van der Waals surface area (Å²) < 4.78 is 18.2. The molecule has 0 atom stereocenters. The van der Waals surface area contributed by atoms with Gasteiger partial charge in [0, 0.05) is 54.0 Å². The van der Waals surface area contributed by atoms with Crippen LogP contribution < -0.4 is 5.73 Å². The molecule has 0 radical (unpaired) electrons. The summed E-state index contributed by atoms with van der Waals surface area (Å²) in [5, 5.41) is 0.746. The third kappa shape index (κ3) is 4.08. The van der Waals surface area contributed by atoms with Crippen LogP contribution in [0.5, 0.6) is 0 Å². The van der Waals surface area contributed by atoms with Gasteiger partial charge in [0.2, 0.25) is 0 Å². The van der Waals surface area contributed by atoms with E-state index < -0.39 is 0 Å². The summed E-state index contributed by atoms with van der Waals surface area (Å²) in [6.07, 6.45) is 10.3. The number of hydrogen-bond donors (Lipinski definition) is 1. The molecule has 0 spiro atoms. The molecule has 3 aromatic heterocycles.